The molecule has 0 aliphatic heterocycles. The molecule has 20 heavy (non-hydrogen) atoms. The summed E-state index contributed by atoms with van der Waals surface area (Å²) in [5.41, 5.74) is 1.54. The van der Waals surface area contributed by atoms with E-state index in [-0.39, 0.29) is 4.90 Å². The monoisotopic (exact) mass is 437 g/mol. The molecule has 2 rings (SSSR count). The fourth-order valence-corrected chi connectivity index (χ4v) is 4.56. The van der Waals surface area contributed by atoms with Gasteiger partial charge in [-0.2, -0.15) is 13.5 Å². The van der Waals surface area contributed by atoms with Crippen LogP contribution in [0.15, 0.2) is 42.0 Å². The van der Waals surface area contributed by atoms with E-state index in [1.54, 1.807) is 12.1 Å². The summed E-state index contributed by atoms with van der Waals surface area (Å²) in [7, 11) is -3.65. The zero-order valence-electron chi connectivity index (χ0n) is 10.2. The third-order valence-electron chi connectivity index (χ3n) is 2.27. The Hall–Kier alpha value is -0.770. The highest BCUT2D eigenvalue weighted by Gasteiger charge is 2.12. The first-order valence-corrected chi connectivity index (χ1v) is 9.20. The number of nitrogens with zero attached hydrogens (tertiary/aromatic N) is 2. The zero-order chi connectivity index (χ0) is 14.8. The Morgan fingerprint density at radius 1 is 1.30 bits per heavy atom. The molecule has 0 radical (unpaired) electrons. The van der Waals surface area contributed by atoms with Gasteiger partial charge >= 0.3 is 0 Å². The Kier molecular flexibility index (Phi) is 4.95. The molecular formula is C11H9Br2N3O2S2. The van der Waals surface area contributed by atoms with Gasteiger partial charge in [-0.1, -0.05) is 29.0 Å². The topological polar surface area (TPSA) is 71.4 Å². The van der Waals surface area contributed by atoms with E-state index in [9.17, 15) is 8.42 Å². The maximum absolute atomic E-state index is 12.0. The molecule has 0 saturated heterocycles. The molecule has 9 heteroatoms. The van der Waals surface area contributed by atoms with Crippen molar-refractivity contribution in [2.45, 2.75) is 11.8 Å². The van der Waals surface area contributed by atoms with Gasteiger partial charge in [0.25, 0.3) is 10.0 Å². The molecule has 1 aromatic carbocycles. The Labute approximate surface area is 137 Å². The smallest absolute Gasteiger partial charge is 0.227 e. The molecular weight excluding hydrogens is 430 g/mol. The molecule has 0 fully saturated rings. The van der Waals surface area contributed by atoms with E-state index in [0.717, 1.165) is 9.35 Å². The minimum atomic E-state index is -3.65. The highest BCUT2D eigenvalue weighted by Crippen LogP contribution is 2.27. The Bertz CT molecular complexity index is 740. The second kappa shape index (κ2) is 6.33. The average molecular weight is 439 g/mol. The first-order chi connectivity index (χ1) is 9.38. The van der Waals surface area contributed by atoms with Crippen LogP contribution in [0.2, 0.25) is 0 Å². The van der Waals surface area contributed by atoms with Crippen molar-refractivity contribution in [2.75, 3.05) is 0 Å². The number of nitrogens with one attached hydrogen (secondary N) is 1. The Morgan fingerprint density at radius 2 is 1.95 bits per heavy atom. The number of thiazole rings is 1. The highest BCUT2D eigenvalue weighted by molar-refractivity contribution is 9.12. The summed E-state index contributed by atoms with van der Waals surface area (Å²) < 4.78 is 25.4. The van der Waals surface area contributed by atoms with E-state index in [4.69, 9.17) is 0 Å². The summed E-state index contributed by atoms with van der Waals surface area (Å²) in [4.78, 5) is 6.43. The van der Waals surface area contributed by atoms with Crippen LogP contribution in [0.5, 0.6) is 0 Å². The molecule has 0 bridgehead atoms. The second-order valence-electron chi connectivity index (χ2n) is 3.79. The lowest BCUT2D eigenvalue weighted by Crippen LogP contribution is -2.18. The molecule has 1 aromatic heterocycles. The average Bonchev–Trinajstić information content (AvgIpc) is 2.68. The minimum Gasteiger partial charge on any atom is -0.227 e. The standard InChI is InChI=1S/C11H9Br2N3O2S2/c1-7-2-4-8(5-3-7)20(17,18)16-14-6-9-10(12)19-11(13)15-9/h2-6,16H,1H3/b14-6+. The number of rotatable bonds is 4. The largest absolute Gasteiger partial charge is 0.276 e. The molecule has 0 saturated carbocycles. The third kappa shape index (κ3) is 3.87. The Balaban J connectivity index is 2.13. The van der Waals surface area contributed by atoms with E-state index < -0.39 is 10.0 Å². The van der Waals surface area contributed by atoms with Crippen LogP contribution in [-0.2, 0) is 10.0 Å². The molecule has 106 valence electrons. The number of aromatic nitrogens is 1. The van der Waals surface area contributed by atoms with Crippen LogP contribution in [0.3, 0.4) is 0 Å². The van der Waals surface area contributed by atoms with Gasteiger partial charge in [-0.05, 0) is 50.9 Å². The SMILES string of the molecule is Cc1ccc(S(=O)(=O)N/N=C/c2nc(Br)sc2Br)cc1. The number of aryl methyl sites for hydroxylation is 1. The Morgan fingerprint density at radius 3 is 2.50 bits per heavy atom. The first-order valence-electron chi connectivity index (χ1n) is 5.32. The molecule has 0 aliphatic carbocycles. The van der Waals surface area contributed by atoms with E-state index in [2.05, 4.69) is 46.8 Å². The number of halogens is 2. The fourth-order valence-electron chi connectivity index (χ4n) is 1.29. The van der Waals surface area contributed by atoms with Gasteiger partial charge in [0.05, 0.1) is 14.9 Å². The lowest BCUT2D eigenvalue weighted by molar-refractivity contribution is 0.584. The number of sulfonamides is 1. The van der Waals surface area contributed by atoms with Crippen molar-refractivity contribution >= 4 is 59.4 Å². The molecule has 0 atom stereocenters. The van der Waals surface area contributed by atoms with Crippen LogP contribution < -0.4 is 4.83 Å². The van der Waals surface area contributed by atoms with Crippen LogP contribution in [0.4, 0.5) is 0 Å². The quantitative estimate of drug-likeness (QED) is 0.588. The van der Waals surface area contributed by atoms with Gasteiger partial charge in [-0.3, -0.25) is 0 Å². The molecule has 0 aliphatic rings. The number of hydrogen-bond acceptors (Lipinski definition) is 5. The van der Waals surface area contributed by atoms with Crippen molar-refractivity contribution < 1.29 is 8.42 Å². The lowest BCUT2D eigenvalue weighted by Gasteiger charge is -2.03. The number of benzene rings is 1. The van der Waals surface area contributed by atoms with Gasteiger partial charge in [0.15, 0.2) is 3.92 Å². The predicted octanol–water partition coefficient (Wildman–Crippen LogP) is 3.29. The fraction of sp³-hybridized carbons (Fsp3) is 0.0909. The summed E-state index contributed by atoms with van der Waals surface area (Å²) in [6.07, 6.45) is 1.34. The number of hydrogen-bond donors (Lipinski definition) is 1. The molecule has 0 unspecified atom stereocenters. The molecule has 5 nitrogen and oxygen atoms in total. The summed E-state index contributed by atoms with van der Waals surface area (Å²) in [5.74, 6) is 0. The van der Waals surface area contributed by atoms with Gasteiger partial charge in [-0.25, -0.2) is 9.82 Å². The van der Waals surface area contributed by atoms with Crippen molar-refractivity contribution in [2.24, 2.45) is 5.10 Å². The van der Waals surface area contributed by atoms with Gasteiger partial charge in [0, 0.05) is 0 Å². The van der Waals surface area contributed by atoms with E-state index in [1.165, 1.54) is 29.7 Å². The summed E-state index contributed by atoms with van der Waals surface area (Å²) in [6.45, 7) is 1.89. The minimum absolute atomic E-state index is 0.166. The van der Waals surface area contributed by atoms with Crippen molar-refractivity contribution in [1.82, 2.24) is 9.82 Å². The summed E-state index contributed by atoms with van der Waals surface area (Å²) >= 11 is 7.92. The van der Waals surface area contributed by atoms with Gasteiger partial charge in [-0.15, -0.1) is 0 Å². The van der Waals surface area contributed by atoms with Gasteiger partial charge in [0.2, 0.25) is 0 Å². The van der Waals surface area contributed by atoms with E-state index in [0.29, 0.717) is 9.61 Å². The lowest BCUT2D eigenvalue weighted by atomic mass is 10.2. The van der Waals surface area contributed by atoms with Crippen LogP contribution in [0.25, 0.3) is 0 Å². The normalized spacial score (nSPS) is 11.9. The number of hydrazone groups is 1. The third-order valence-corrected chi connectivity index (χ3v) is 5.72. The molecule has 1 heterocycles. The summed E-state index contributed by atoms with van der Waals surface area (Å²) in [5, 5.41) is 3.72. The molecule has 0 amide bonds. The summed E-state index contributed by atoms with van der Waals surface area (Å²) in [6, 6.07) is 6.52. The highest BCUT2D eigenvalue weighted by atomic mass is 79.9. The zero-order valence-corrected chi connectivity index (χ0v) is 15.0. The van der Waals surface area contributed by atoms with Crippen LogP contribution >= 0.6 is 43.2 Å². The van der Waals surface area contributed by atoms with E-state index >= 15 is 0 Å². The molecule has 0 spiro atoms. The first kappa shape index (κ1) is 15.6. The molecule has 2 aromatic rings. The predicted molar refractivity (Wildman–Crippen MR) is 86.6 cm³/mol. The maximum Gasteiger partial charge on any atom is 0.276 e. The second-order valence-corrected chi connectivity index (χ2v) is 9.05. The van der Waals surface area contributed by atoms with Crippen molar-refractivity contribution in [3.05, 3.63) is 43.2 Å². The van der Waals surface area contributed by atoms with Crippen molar-refractivity contribution in [3.8, 4) is 0 Å². The maximum atomic E-state index is 12.0. The molecule has 1 N–H and O–H groups in total. The van der Waals surface area contributed by atoms with Crippen molar-refractivity contribution in [3.63, 3.8) is 0 Å². The van der Waals surface area contributed by atoms with Crippen LogP contribution in [-0.4, -0.2) is 19.6 Å². The van der Waals surface area contributed by atoms with Crippen LogP contribution in [0, 0.1) is 6.92 Å². The van der Waals surface area contributed by atoms with Gasteiger partial charge in [0.1, 0.15) is 5.69 Å². The van der Waals surface area contributed by atoms with Crippen molar-refractivity contribution in [1.29, 1.82) is 0 Å². The van der Waals surface area contributed by atoms with Crippen LogP contribution in [0.1, 0.15) is 11.3 Å². The van der Waals surface area contributed by atoms with E-state index in [1.807, 2.05) is 6.92 Å². The van der Waals surface area contributed by atoms with Gasteiger partial charge < -0.3 is 0 Å².